The molecule has 0 radical (unpaired) electrons. The molecular formula is C14H27N3O. The molecule has 0 bridgehead atoms. The van der Waals surface area contributed by atoms with Crippen molar-refractivity contribution in [3.8, 4) is 0 Å². The Balaban J connectivity index is 1.51. The molecule has 0 aromatic rings. The molecule has 2 atom stereocenters. The van der Waals surface area contributed by atoms with E-state index in [0.717, 1.165) is 25.6 Å². The molecule has 2 aliphatic heterocycles. The molecule has 1 aliphatic carbocycles. The highest BCUT2D eigenvalue weighted by atomic mass is 16.3. The van der Waals surface area contributed by atoms with E-state index >= 15 is 0 Å². The maximum atomic E-state index is 10.3. The van der Waals surface area contributed by atoms with Crippen LogP contribution in [0.3, 0.4) is 0 Å². The third kappa shape index (κ3) is 2.72. The standard InChI is InChI=1S/C14H27N3O/c18-14-5-3-1-2-4-13(14)17-8-6-16(7-9-17)12-10-15-11-12/h12-15,18H,1-11H2. The lowest BCUT2D eigenvalue weighted by Crippen LogP contribution is -2.63. The summed E-state index contributed by atoms with van der Waals surface area (Å²) < 4.78 is 0. The van der Waals surface area contributed by atoms with E-state index in [-0.39, 0.29) is 6.10 Å². The van der Waals surface area contributed by atoms with Crippen molar-refractivity contribution < 1.29 is 5.11 Å². The smallest absolute Gasteiger partial charge is 0.0695 e. The molecule has 2 N–H and O–H groups in total. The maximum absolute atomic E-state index is 10.3. The number of piperazine rings is 1. The molecular weight excluding hydrogens is 226 g/mol. The van der Waals surface area contributed by atoms with E-state index in [1.54, 1.807) is 0 Å². The summed E-state index contributed by atoms with van der Waals surface area (Å²) in [7, 11) is 0. The Labute approximate surface area is 110 Å². The van der Waals surface area contributed by atoms with Crippen molar-refractivity contribution in [2.75, 3.05) is 39.3 Å². The van der Waals surface area contributed by atoms with Gasteiger partial charge in [-0.25, -0.2) is 0 Å². The molecule has 0 amide bonds. The van der Waals surface area contributed by atoms with Crippen LogP contribution in [0.2, 0.25) is 0 Å². The molecule has 3 aliphatic rings. The molecule has 18 heavy (non-hydrogen) atoms. The van der Waals surface area contributed by atoms with E-state index < -0.39 is 0 Å². The van der Waals surface area contributed by atoms with Gasteiger partial charge in [0.05, 0.1) is 6.10 Å². The quantitative estimate of drug-likeness (QED) is 0.693. The van der Waals surface area contributed by atoms with Crippen LogP contribution in [0.5, 0.6) is 0 Å². The molecule has 4 nitrogen and oxygen atoms in total. The second-order valence-corrected chi connectivity index (χ2v) is 6.16. The maximum Gasteiger partial charge on any atom is 0.0695 e. The van der Waals surface area contributed by atoms with Crippen LogP contribution in [0.1, 0.15) is 32.1 Å². The van der Waals surface area contributed by atoms with Gasteiger partial charge in [-0.2, -0.15) is 0 Å². The third-order valence-electron chi connectivity index (χ3n) is 5.04. The second-order valence-electron chi connectivity index (χ2n) is 6.16. The molecule has 1 saturated carbocycles. The minimum atomic E-state index is -0.0792. The van der Waals surface area contributed by atoms with E-state index in [2.05, 4.69) is 15.1 Å². The zero-order valence-electron chi connectivity index (χ0n) is 11.4. The number of hydrogen-bond donors (Lipinski definition) is 2. The first-order valence-corrected chi connectivity index (χ1v) is 7.71. The highest BCUT2D eigenvalue weighted by Gasteiger charge is 2.32. The van der Waals surface area contributed by atoms with Crippen LogP contribution in [0.25, 0.3) is 0 Å². The van der Waals surface area contributed by atoms with Crippen LogP contribution in [0.15, 0.2) is 0 Å². The van der Waals surface area contributed by atoms with Crippen LogP contribution < -0.4 is 5.32 Å². The minimum absolute atomic E-state index is 0.0792. The van der Waals surface area contributed by atoms with Gasteiger partial charge in [0.15, 0.2) is 0 Å². The first-order valence-electron chi connectivity index (χ1n) is 7.71. The van der Waals surface area contributed by atoms with Crippen molar-refractivity contribution in [3.05, 3.63) is 0 Å². The normalized spacial score (nSPS) is 37.2. The van der Waals surface area contributed by atoms with Gasteiger partial charge in [0.25, 0.3) is 0 Å². The monoisotopic (exact) mass is 253 g/mol. The summed E-state index contributed by atoms with van der Waals surface area (Å²) in [5.74, 6) is 0. The average molecular weight is 253 g/mol. The minimum Gasteiger partial charge on any atom is -0.391 e. The fourth-order valence-electron chi connectivity index (χ4n) is 3.66. The number of aliphatic hydroxyl groups excluding tert-OH is 1. The number of nitrogens with zero attached hydrogens (tertiary/aromatic N) is 2. The number of aliphatic hydroxyl groups is 1. The van der Waals surface area contributed by atoms with Crippen molar-refractivity contribution in [1.82, 2.24) is 15.1 Å². The van der Waals surface area contributed by atoms with E-state index in [4.69, 9.17) is 0 Å². The van der Waals surface area contributed by atoms with Gasteiger partial charge in [-0.05, 0) is 12.8 Å². The van der Waals surface area contributed by atoms with Gasteiger partial charge in [-0.15, -0.1) is 0 Å². The van der Waals surface area contributed by atoms with Gasteiger partial charge in [0.2, 0.25) is 0 Å². The summed E-state index contributed by atoms with van der Waals surface area (Å²) in [4.78, 5) is 5.18. The number of rotatable bonds is 2. The molecule has 0 aromatic carbocycles. The summed E-state index contributed by atoms with van der Waals surface area (Å²) in [6, 6.07) is 1.22. The molecule has 0 spiro atoms. The van der Waals surface area contributed by atoms with Gasteiger partial charge in [-0.3, -0.25) is 9.80 Å². The predicted molar refractivity (Wildman–Crippen MR) is 72.7 cm³/mol. The molecule has 3 rings (SSSR count). The Morgan fingerprint density at radius 2 is 1.50 bits per heavy atom. The molecule has 2 unspecified atom stereocenters. The van der Waals surface area contributed by atoms with Gasteiger partial charge >= 0.3 is 0 Å². The highest BCUT2D eigenvalue weighted by Crippen LogP contribution is 2.24. The lowest BCUT2D eigenvalue weighted by atomic mass is 10.0. The predicted octanol–water partition coefficient (Wildman–Crippen LogP) is 0.269. The largest absolute Gasteiger partial charge is 0.391 e. The van der Waals surface area contributed by atoms with Crippen LogP contribution in [0, 0.1) is 0 Å². The van der Waals surface area contributed by atoms with Crippen LogP contribution in [-0.2, 0) is 0 Å². The van der Waals surface area contributed by atoms with Crippen molar-refractivity contribution in [2.24, 2.45) is 0 Å². The van der Waals surface area contributed by atoms with Gasteiger partial charge in [0, 0.05) is 51.4 Å². The Morgan fingerprint density at radius 1 is 0.833 bits per heavy atom. The van der Waals surface area contributed by atoms with Crippen LogP contribution >= 0.6 is 0 Å². The topological polar surface area (TPSA) is 38.7 Å². The zero-order valence-corrected chi connectivity index (χ0v) is 11.4. The lowest BCUT2D eigenvalue weighted by molar-refractivity contribution is 0.000211. The molecule has 2 saturated heterocycles. The van der Waals surface area contributed by atoms with Crippen LogP contribution in [-0.4, -0.2) is 72.4 Å². The summed E-state index contributed by atoms with van der Waals surface area (Å²) in [6.07, 6.45) is 5.95. The molecule has 0 aromatic heterocycles. The fourth-order valence-corrected chi connectivity index (χ4v) is 3.66. The molecule has 104 valence electrons. The van der Waals surface area contributed by atoms with Crippen molar-refractivity contribution >= 4 is 0 Å². The summed E-state index contributed by atoms with van der Waals surface area (Å²) in [5.41, 5.74) is 0. The first kappa shape index (κ1) is 12.9. The van der Waals surface area contributed by atoms with Gasteiger partial charge < -0.3 is 10.4 Å². The highest BCUT2D eigenvalue weighted by molar-refractivity contribution is 4.90. The zero-order chi connectivity index (χ0) is 12.4. The van der Waals surface area contributed by atoms with E-state index in [1.807, 2.05) is 0 Å². The third-order valence-corrected chi connectivity index (χ3v) is 5.04. The summed E-state index contributed by atoms with van der Waals surface area (Å²) in [5, 5.41) is 13.6. The molecule has 2 heterocycles. The molecule has 3 fully saturated rings. The van der Waals surface area contributed by atoms with E-state index in [0.29, 0.717) is 6.04 Å². The van der Waals surface area contributed by atoms with Gasteiger partial charge in [0.1, 0.15) is 0 Å². The molecule has 4 heteroatoms. The van der Waals surface area contributed by atoms with Crippen molar-refractivity contribution in [2.45, 2.75) is 50.3 Å². The average Bonchev–Trinajstić information content (AvgIpc) is 2.53. The SMILES string of the molecule is OC1CCCCCC1N1CCN(C2CNC2)CC1. The van der Waals surface area contributed by atoms with Crippen LogP contribution in [0.4, 0.5) is 0 Å². The fraction of sp³-hybridized carbons (Fsp3) is 1.00. The van der Waals surface area contributed by atoms with Crippen molar-refractivity contribution in [3.63, 3.8) is 0 Å². The Bertz CT molecular complexity index is 262. The summed E-state index contributed by atoms with van der Waals surface area (Å²) in [6.45, 7) is 7.03. The number of nitrogens with one attached hydrogen (secondary N) is 1. The Hall–Kier alpha value is -0.160. The number of hydrogen-bond acceptors (Lipinski definition) is 4. The van der Waals surface area contributed by atoms with E-state index in [9.17, 15) is 5.11 Å². The first-order chi connectivity index (χ1) is 8.84. The Morgan fingerprint density at radius 3 is 2.17 bits per heavy atom. The van der Waals surface area contributed by atoms with E-state index in [1.165, 1.54) is 51.9 Å². The van der Waals surface area contributed by atoms with Gasteiger partial charge in [-0.1, -0.05) is 19.3 Å². The second kappa shape index (κ2) is 5.87. The summed E-state index contributed by atoms with van der Waals surface area (Å²) >= 11 is 0. The Kier molecular flexibility index (Phi) is 4.19. The lowest BCUT2D eigenvalue weighted by Gasteiger charge is -2.45. The van der Waals surface area contributed by atoms with Crippen molar-refractivity contribution in [1.29, 1.82) is 0 Å².